The number of hydrogen-bond acceptors (Lipinski definition) is 3. The van der Waals surface area contributed by atoms with Gasteiger partial charge in [0.1, 0.15) is 0 Å². The van der Waals surface area contributed by atoms with Crippen molar-refractivity contribution in [2.75, 3.05) is 6.54 Å². The second kappa shape index (κ2) is 6.82. The van der Waals surface area contributed by atoms with Gasteiger partial charge >= 0.3 is 0 Å². The van der Waals surface area contributed by atoms with Crippen molar-refractivity contribution < 1.29 is 5.21 Å². The van der Waals surface area contributed by atoms with E-state index in [0.717, 1.165) is 25.1 Å². The van der Waals surface area contributed by atoms with Gasteiger partial charge in [-0.15, -0.1) is 0 Å². The third-order valence-electron chi connectivity index (χ3n) is 2.88. The number of unbranched alkanes of at least 4 members (excludes halogenated alkanes) is 2. The minimum absolute atomic E-state index is 0.339. The van der Waals surface area contributed by atoms with Crippen LogP contribution in [0.15, 0.2) is 5.16 Å². The normalized spacial score (nSPS) is 25.5. The lowest BCUT2D eigenvalue weighted by Crippen LogP contribution is -2.39. The predicted octanol–water partition coefficient (Wildman–Crippen LogP) is 2.54. The topological polar surface area (TPSA) is 44.6 Å². The minimum Gasteiger partial charge on any atom is -0.411 e. The molecule has 14 heavy (non-hydrogen) atoms. The Hall–Kier alpha value is -0.570. The molecule has 1 fully saturated rings. The van der Waals surface area contributed by atoms with Crippen molar-refractivity contribution in [3.8, 4) is 0 Å². The van der Waals surface area contributed by atoms with E-state index in [9.17, 15) is 0 Å². The summed E-state index contributed by atoms with van der Waals surface area (Å²) in [5, 5.41) is 15.7. The number of hydrogen-bond donors (Lipinski definition) is 2. The van der Waals surface area contributed by atoms with Crippen LogP contribution in [0, 0.1) is 0 Å². The molecule has 0 aliphatic heterocycles. The summed E-state index contributed by atoms with van der Waals surface area (Å²) in [7, 11) is 0. The molecule has 0 bridgehead atoms. The summed E-state index contributed by atoms with van der Waals surface area (Å²) in [5.41, 5.74) is 0.952. The molecule has 1 atom stereocenters. The Labute approximate surface area is 86.6 Å². The molecule has 82 valence electrons. The number of oxime groups is 1. The highest BCUT2D eigenvalue weighted by Crippen LogP contribution is 2.15. The van der Waals surface area contributed by atoms with Crippen LogP contribution in [0.1, 0.15) is 51.9 Å². The van der Waals surface area contributed by atoms with Crippen LogP contribution in [-0.2, 0) is 0 Å². The maximum Gasteiger partial charge on any atom is 0.0739 e. The molecule has 1 unspecified atom stereocenters. The lowest BCUT2D eigenvalue weighted by Gasteiger charge is -2.23. The van der Waals surface area contributed by atoms with E-state index >= 15 is 0 Å². The maximum atomic E-state index is 8.81. The van der Waals surface area contributed by atoms with Gasteiger partial charge in [-0.25, -0.2) is 0 Å². The highest BCUT2D eigenvalue weighted by molar-refractivity contribution is 5.89. The fraction of sp³-hybridized carbons (Fsp3) is 0.909. The molecule has 0 aromatic heterocycles. The van der Waals surface area contributed by atoms with Gasteiger partial charge in [0.25, 0.3) is 0 Å². The first-order chi connectivity index (χ1) is 6.88. The van der Waals surface area contributed by atoms with E-state index in [1.54, 1.807) is 0 Å². The Morgan fingerprint density at radius 1 is 1.43 bits per heavy atom. The molecule has 3 heteroatoms. The van der Waals surface area contributed by atoms with Crippen LogP contribution in [0.2, 0.25) is 0 Å². The standard InChI is InChI=1S/C11H22N2O/c1-2-3-6-9-12-10-7-4-5-8-11(10)13-14/h10,12,14H,2-9H2,1H3/b13-11+. The molecule has 0 aromatic rings. The Balaban J connectivity index is 2.20. The first-order valence-corrected chi connectivity index (χ1v) is 5.82. The average Bonchev–Trinajstić information content (AvgIpc) is 2.25. The fourth-order valence-corrected chi connectivity index (χ4v) is 1.99. The monoisotopic (exact) mass is 198 g/mol. The van der Waals surface area contributed by atoms with Crippen LogP contribution >= 0.6 is 0 Å². The Morgan fingerprint density at radius 3 is 3.00 bits per heavy atom. The molecule has 1 saturated carbocycles. The Morgan fingerprint density at radius 2 is 2.29 bits per heavy atom. The summed E-state index contributed by atoms with van der Waals surface area (Å²) in [4.78, 5) is 0. The van der Waals surface area contributed by atoms with Gasteiger partial charge in [-0.1, -0.05) is 31.3 Å². The minimum atomic E-state index is 0.339. The second-order valence-electron chi connectivity index (χ2n) is 4.05. The first kappa shape index (κ1) is 11.5. The Kier molecular flexibility index (Phi) is 5.60. The summed E-state index contributed by atoms with van der Waals surface area (Å²) < 4.78 is 0. The van der Waals surface area contributed by atoms with Crippen molar-refractivity contribution >= 4 is 5.71 Å². The summed E-state index contributed by atoms with van der Waals surface area (Å²) in [5.74, 6) is 0. The van der Waals surface area contributed by atoms with Crippen molar-refractivity contribution in [2.24, 2.45) is 5.16 Å². The van der Waals surface area contributed by atoms with Gasteiger partial charge in [0, 0.05) is 6.04 Å². The van der Waals surface area contributed by atoms with E-state index in [4.69, 9.17) is 5.21 Å². The van der Waals surface area contributed by atoms with Gasteiger partial charge in [-0.2, -0.15) is 0 Å². The van der Waals surface area contributed by atoms with Crippen molar-refractivity contribution in [2.45, 2.75) is 57.9 Å². The van der Waals surface area contributed by atoms with Crippen molar-refractivity contribution in [1.29, 1.82) is 0 Å². The molecule has 0 aromatic carbocycles. The lowest BCUT2D eigenvalue weighted by atomic mass is 9.93. The second-order valence-corrected chi connectivity index (χ2v) is 4.05. The number of rotatable bonds is 5. The summed E-state index contributed by atoms with van der Waals surface area (Å²) in [6.07, 6.45) is 8.29. The van der Waals surface area contributed by atoms with Crippen LogP contribution in [0.4, 0.5) is 0 Å². The molecule has 0 heterocycles. The molecule has 3 nitrogen and oxygen atoms in total. The molecule has 0 saturated heterocycles. The molecule has 1 rings (SSSR count). The third-order valence-corrected chi connectivity index (χ3v) is 2.88. The Bertz CT molecular complexity index is 180. The smallest absolute Gasteiger partial charge is 0.0739 e. The van der Waals surface area contributed by atoms with Gasteiger partial charge in [0.15, 0.2) is 0 Å². The van der Waals surface area contributed by atoms with E-state index in [0.29, 0.717) is 6.04 Å². The van der Waals surface area contributed by atoms with Crippen LogP contribution in [0.3, 0.4) is 0 Å². The van der Waals surface area contributed by atoms with Gasteiger partial charge in [-0.3, -0.25) is 0 Å². The summed E-state index contributed by atoms with van der Waals surface area (Å²) in [6.45, 7) is 3.26. The highest BCUT2D eigenvalue weighted by Gasteiger charge is 2.19. The SMILES string of the molecule is CCCCCNC1CCCC/C1=N\O. The molecule has 1 aliphatic carbocycles. The largest absolute Gasteiger partial charge is 0.411 e. The fourth-order valence-electron chi connectivity index (χ4n) is 1.99. The lowest BCUT2D eigenvalue weighted by molar-refractivity contribution is 0.310. The van der Waals surface area contributed by atoms with Crippen LogP contribution < -0.4 is 5.32 Å². The molecule has 1 aliphatic rings. The van der Waals surface area contributed by atoms with E-state index in [2.05, 4.69) is 17.4 Å². The van der Waals surface area contributed by atoms with Gasteiger partial charge < -0.3 is 10.5 Å². The van der Waals surface area contributed by atoms with E-state index in [-0.39, 0.29) is 0 Å². The van der Waals surface area contributed by atoms with Crippen molar-refractivity contribution in [3.63, 3.8) is 0 Å². The zero-order valence-electron chi connectivity index (χ0n) is 9.13. The van der Waals surface area contributed by atoms with Crippen LogP contribution in [-0.4, -0.2) is 23.5 Å². The van der Waals surface area contributed by atoms with Crippen molar-refractivity contribution in [3.05, 3.63) is 0 Å². The third kappa shape index (κ3) is 3.66. The quantitative estimate of drug-likeness (QED) is 0.405. The van der Waals surface area contributed by atoms with Gasteiger partial charge in [-0.05, 0) is 32.2 Å². The van der Waals surface area contributed by atoms with Gasteiger partial charge in [0.05, 0.1) is 5.71 Å². The molecular weight excluding hydrogens is 176 g/mol. The maximum absolute atomic E-state index is 8.81. The predicted molar refractivity (Wildman–Crippen MR) is 59.0 cm³/mol. The summed E-state index contributed by atoms with van der Waals surface area (Å²) >= 11 is 0. The average molecular weight is 198 g/mol. The molecule has 0 amide bonds. The molecular formula is C11H22N2O. The first-order valence-electron chi connectivity index (χ1n) is 5.82. The zero-order valence-corrected chi connectivity index (χ0v) is 9.13. The molecule has 2 N–H and O–H groups in total. The van der Waals surface area contributed by atoms with E-state index < -0.39 is 0 Å². The van der Waals surface area contributed by atoms with E-state index in [1.165, 1.54) is 32.1 Å². The summed E-state index contributed by atoms with van der Waals surface area (Å²) in [6, 6.07) is 0.339. The zero-order chi connectivity index (χ0) is 10.2. The highest BCUT2D eigenvalue weighted by atomic mass is 16.4. The van der Waals surface area contributed by atoms with Crippen molar-refractivity contribution in [1.82, 2.24) is 5.32 Å². The van der Waals surface area contributed by atoms with Gasteiger partial charge in [0.2, 0.25) is 0 Å². The molecule has 0 radical (unpaired) electrons. The number of nitrogens with one attached hydrogen (secondary N) is 1. The van der Waals surface area contributed by atoms with Crippen LogP contribution in [0.5, 0.6) is 0 Å². The van der Waals surface area contributed by atoms with Crippen LogP contribution in [0.25, 0.3) is 0 Å². The van der Waals surface area contributed by atoms with E-state index in [1.807, 2.05) is 0 Å². The molecule has 0 spiro atoms. The number of nitrogens with zero attached hydrogens (tertiary/aromatic N) is 1.